The van der Waals surface area contributed by atoms with Gasteiger partial charge in [-0.15, -0.1) is 0 Å². The van der Waals surface area contributed by atoms with Gasteiger partial charge in [0.1, 0.15) is 6.04 Å². The summed E-state index contributed by atoms with van der Waals surface area (Å²) >= 11 is 1.42. The molecule has 0 saturated heterocycles. The van der Waals surface area contributed by atoms with Crippen LogP contribution < -0.4 is 16.4 Å². The Morgan fingerprint density at radius 3 is 2.12 bits per heavy atom. The van der Waals surface area contributed by atoms with Gasteiger partial charge in [0, 0.05) is 6.42 Å². The molecule has 0 radical (unpaired) electrons. The van der Waals surface area contributed by atoms with E-state index in [4.69, 9.17) is 15.9 Å². The molecule has 25 heavy (non-hydrogen) atoms. The molecule has 0 heterocycles. The van der Waals surface area contributed by atoms with Gasteiger partial charge < -0.3 is 31.7 Å². The fourth-order valence-corrected chi connectivity index (χ4v) is 2.31. The topological polar surface area (TPSA) is 179 Å². The van der Waals surface area contributed by atoms with Gasteiger partial charge in [-0.3, -0.25) is 14.4 Å². The third-order valence-corrected chi connectivity index (χ3v) is 3.94. The number of carboxylic acids is 2. The number of carbonyl (C=O) groups excluding carboxylic acids is 2. The third-order valence-electron chi connectivity index (χ3n) is 3.30. The molecule has 0 aliphatic carbocycles. The summed E-state index contributed by atoms with van der Waals surface area (Å²) < 4.78 is 0. The van der Waals surface area contributed by atoms with E-state index in [0.29, 0.717) is 5.75 Å². The van der Waals surface area contributed by atoms with Crippen LogP contribution in [-0.4, -0.2) is 75.3 Å². The molecule has 0 aromatic carbocycles. The summed E-state index contributed by atoms with van der Waals surface area (Å²) in [5.41, 5.74) is 5.59. The lowest BCUT2D eigenvalue weighted by Crippen LogP contribution is -2.56. The predicted octanol–water partition coefficient (Wildman–Crippen LogP) is -1.63. The number of nitrogens with two attached hydrogens (primary N) is 1. The molecule has 0 rings (SSSR count). The highest BCUT2D eigenvalue weighted by molar-refractivity contribution is 7.98. The number of aliphatic hydroxyl groups is 1. The van der Waals surface area contributed by atoms with Crippen molar-refractivity contribution < 1.29 is 34.5 Å². The van der Waals surface area contributed by atoms with Gasteiger partial charge in [0.15, 0.2) is 6.04 Å². The van der Waals surface area contributed by atoms with E-state index in [1.165, 1.54) is 18.7 Å². The molecule has 7 N–H and O–H groups in total. The first-order chi connectivity index (χ1) is 11.6. The van der Waals surface area contributed by atoms with E-state index in [1.807, 2.05) is 0 Å². The quantitative estimate of drug-likeness (QED) is 0.232. The van der Waals surface area contributed by atoms with Crippen LogP contribution in [0.2, 0.25) is 0 Å². The van der Waals surface area contributed by atoms with E-state index in [-0.39, 0.29) is 19.3 Å². The van der Waals surface area contributed by atoms with Crippen molar-refractivity contribution in [3.05, 3.63) is 0 Å². The molecule has 0 aromatic rings. The number of hydrogen-bond acceptors (Lipinski definition) is 7. The van der Waals surface area contributed by atoms with Crippen molar-refractivity contribution >= 4 is 35.5 Å². The number of hydrogen-bond donors (Lipinski definition) is 6. The Hall–Kier alpha value is -1.85. The molecule has 0 saturated carbocycles. The number of rotatable bonds is 12. The van der Waals surface area contributed by atoms with Gasteiger partial charge >= 0.3 is 11.9 Å². The number of nitrogens with one attached hydrogen (secondary N) is 2. The summed E-state index contributed by atoms with van der Waals surface area (Å²) in [5.74, 6) is -3.46. The number of thioether (sulfide) groups is 1. The first kappa shape index (κ1) is 23.1. The van der Waals surface area contributed by atoms with Crippen LogP contribution in [0.15, 0.2) is 0 Å². The van der Waals surface area contributed by atoms with Crippen LogP contribution in [0, 0.1) is 0 Å². The van der Waals surface area contributed by atoms with Crippen LogP contribution in [0.4, 0.5) is 0 Å². The molecule has 0 fully saturated rings. The predicted molar refractivity (Wildman–Crippen MR) is 91.0 cm³/mol. The lowest BCUT2D eigenvalue weighted by atomic mass is 10.1. The Morgan fingerprint density at radius 2 is 1.68 bits per heavy atom. The van der Waals surface area contributed by atoms with Crippen molar-refractivity contribution in [3.63, 3.8) is 0 Å². The standard InChI is InChI=1S/C14H25N3O7S/c1-7(18)11(14(23)24)17-13(22)9(5-6-25-2)16-12(21)8(15)3-4-10(19)20/h7-9,11,18H,3-6,15H2,1-2H3,(H,16,21)(H,17,22)(H,19,20)(H,23,24)/t7-,8+,9+,11+/m1/s1. The molecular formula is C14H25N3O7S. The van der Waals surface area contributed by atoms with Crippen LogP contribution in [0.5, 0.6) is 0 Å². The number of aliphatic hydroxyl groups excluding tert-OH is 1. The minimum atomic E-state index is -1.51. The van der Waals surface area contributed by atoms with Crippen molar-refractivity contribution in [2.75, 3.05) is 12.0 Å². The molecule has 144 valence electrons. The largest absolute Gasteiger partial charge is 0.481 e. The second-order valence-corrected chi connectivity index (χ2v) is 6.43. The molecule has 2 amide bonds. The number of carboxylic acid groups (broad SMARTS) is 2. The number of carbonyl (C=O) groups is 4. The molecule has 0 spiro atoms. The minimum absolute atomic E-state index is 0.0938. The Kier molecular flexibility index (Phi) is 10.8. The van der Waals surface area contributed by atoms with Crippen molar-refractivity contribution in [2.45, 2.75) is 50.4 Å². The van der Waals surface area contributed by atoms with Gasteiger partial charge in [0.2, 0.25) is 11.8 Å². The van der Waals surface area contributed by atoms with E-state index in [2.05, 4.69) is 10.6 Å². The second kappa shape index (κ2) is 11.7. The zero-order valence-corrected chi connectivity index (χ0v) is 14.9. The van der Waals surface area contributed by atoms with Crippen molar-refractivity contribution in [1.29, 1.82) is 0 Å². The molecule has 0 aliphatic rings. The molecule has 0 bridgehead atoms. The lowest BCUT2D eigenvalue weighted by Gasteiger charge is -2.23. The first-order valence-electron chi connectivity index (χ1n) is 7.58. The third kappa shape index (κ3) is 9.27. The molecule has 10 nitrogen and oxygen atoms in total. The van der Waals surface area contributed by atoms with Crippen LogP contribution >= 0.6 is 11.8 Å². The maximum atomic E-state index is 12.2. The Bertz CT molecular complexity index is 487. The van der Waals surface area contributed by atoms with Gasteiger partial charge in [-0.25, -0.2) is 4.79 Å². The van der Waals surface area contributed by atoms with E-state index in [9.17, 15) is 24.3 Å². The average molecular weight is 379 g/mol. The summed E-state index contributed by atoms with van der Waals surface area (Å²) in [6.07, 6.45) is 0.307. The zero-order valence-electron chi connectivity index (χ0n) is 14.1. The van der Waals surface area contributed by atoms with Crippen molar-refractivity contribution in [3.8, 4) is 0 Å². The highest BCUT2D eigenvalue weighted by atomic mass is 32.2. The fraction of sp³-hybridized carbons (Fsp3) is 0.714. The first-order valence-corrected chi connectivity index (χ1v) is 8.97. The normalized spacial score (nSPS) is 15.5. The van der Waals surface area contributed by atoms with Crippen LogP contribution in [0.1, 0.15) is 26.2 Å². The van der Waals surface area contributed by atoms with Crippen molar-refractivity contribution in [2.24, 2.45) is 5.73 Å². The molecule has 11 heteroatoms. The van der Waals surface area contributed by atoms with Crippen molar-refractivity contribution in [1.82, 2.24) is 10.6 Å². The molecule has 4 atom stereocenters. The number of amides is 2. The Balaban J connectivity index is 4.92. The summed E-state index contributed by atoms with van der Waals surface area (Å²) in [6.45, 7) is 1.22. The van der Waals surface area contributed by atoms with E-state index >= 15 is 0 Å². The fourth-order valence-electron chi connectivity index (χ4n) is 1.84. The van der Waals surface area contributed by atoms with E-state index in [1.54, 1.807) is 6.26 Å². The molecule has 0 aromatic heterocycles. The summed E-state index contributed by atoms with van der Waals surface area (Å²) in [5, 5.41) is 31.6. The summed E-state index contributed by atoms with van der Waals surface area (Å²) in [6, 6.07) is -3.66. The maximum absolute atomic E-state index is 12.2. The summed E-state index contributed by atoms with van der Waals surface area (Å²) in [7, 11) is 0. The van der Waals surface area contributed by atoms with Gasteiger partial charge in [-0.1, -0.05) is 0 Å². The number of aliphatic carboxylic acids is 2. The SMILES string of the molecule is CSCC[C@H](NC(=O)[C@@H](N)CCC(=O)O)C(=O)N[C@H](C(=O)O)[C@@H](C)O. The van der Waals surface area contributed by atoms with Gasteiger partial charge in [-0.2, -0.15) is 11.8 Å². The molecule has 0 unspecified atom stereocenters. The van der Waals surface area contributed by atoms with Crippen LogP contribution in [0.3, 0.4) is 0 Å². The van der Waals surface area contributed by atoms with E-state index < -0.39 is 48.0 Å². The molecular weight excluding hydrogens is 354 g/mol. The maximum Gasteiger partial charge on any atom is 0.328 e. The minimum Gasteiger partial charge on any atom is -0.481 e. The zero-order chi connectivity index (χ0) is 19.6. The van der Waals surface area contributed by atoms with Gasteiger partial charge in [0.05, 0.1) is 12.1 Å². The highest BCUT2D eigenvalue weighted by Crippen LogP contribution is 2.04. The Morgan fingerprint density at radius 1 is 1.08 bits per heavy atom. The van der Waals surface area contributed by atoms with Crippen LogP contribution in [-0.2, 0) is 19.2 Å². The van der Waals surface area contributed by atoms with E-state index in [0.717, 1.165) is 0 Å². The summed E-state index contributed by atoms with van der Waals surface area (Å²) in [4.78, 5) is 45.8. The van der Waals surface area contributed by atoms with Gasteiger partial charge in [-0.05, 0) is 31.8 Å². The lowest BCUT2D eigenvalue weighted by molar-refractivity contribution is -0.145. The smallest absolute Gasteiger partial charge is 0.328 e. The Labute approximate surface area is 149 Å². The second-order valence-electron chi connectivity index (χ2n) is 5.45. The highest BCUT2D eigenvalue weighted by Gasteiger charge is 2.30. The molecule has 0 aliphatic heterocycles. The van der Waals surface area contributed by atoms with Gasteiger partial charge in [0.25, 0.3) is 0 Å². The average Bonchev–Trinajstić information content (AvgIpc) is 2.52. The monoisotopic (exact) mass is 379 g/mol. The van der Waals surface area contributed by atoms with Crippen LogP contribution in [0.25, 0.3) is 0 Å².